The van der Waals surface area contributed by atoms with Gasteiger partial charge in [0.25, 0.3) is 0 Å². The van der Waals surface area contributed by atoms with Gasteiger partial charge in [0, 0.05) is 32.9 Å². The Morgan fingerprint density at radius 1 is 1.33 bits per heavy atom. The van der Waals surface area contributed by atoms with Gasteiger partial charge in [-0.15, -0.1) is 24.0 Å². The predicted octanol–water partition coefficient (Wildman–Crippen LogP) is 0.973. The molecule has 0 aromatic carbocycles. The normalized spacial score (nSPS) is 17.5. The molecule has 0 saturated carbocycles. The summed E-state index contributed by atoms with van der Waals surface area (Å²) in [6.07, 6.45) is 3.62. The predicted molar refractivity (Wildman–Crippen MR) is 97.3 cm³/mol. The second kappa shape index (κ2) is 10.6. The van der Waals surface area contributed by atoms with Crippen LogP contribution in [-0.2, 0) is 14.6 Å². The van der Waals surface area contributed by atoms with Gasteiger partial charge in [0.05, 0.1) is 19.0 Å². The van der Waals surface area contributed by atoms with Crippen molar-refractivity contribution >= 4 is 39.8 Å². The van der Waals surface area contributed by atoms with E-state index in [-0.39, 0.29) is 36.3 Å². The van der Waals surface area contributed by atoms with Crippen LogP contribution in [-0.4, -0.2) is 71.2 Å². The molecular weight excluding hydrogens is 405 g/mol. The summed E-state index contributed by atoms with van der Waals surface area (Å²) in [5.74, 6) is 1.78. The lowest BCUT2D eigenvalue weighted by Crippen LogP contribution is -2.46. The standard InChI is InChI=1S/C13H27N3O3S.HI/c1-12-4-7-16(8-5-12)13(14-2)15-6-9-19-10-11-20(3,17)18;/h12H,4-11H2,1-3H3,(H,14,15);1H. The Bertz CT molecular complexity index is 407. The number of hydrogen-bond acceptors (Lipinski definition) is 4. The van der Waals surface area contributed by atoms with E-state index < -0.39 is 9.84 Å². The fourth-order valence-corrected chi connectivity index (χ4v) is 2.52. The lowest BCUT2D eigenvalue weighted by molar-refractivity contribution is 0.153. The molecule has 1 rings (SSSR count). The Morgan fingerprint density at radius 2 is 1.95 bits per heavy atom. The van der Waals surface area contributed by atoms with Gasteiger partial charge in [0.2, 0.25) is 0 Å². The number of hydrogen-bond donors (Lipinski definition) is 1. The summed E-state index contributed by atoms with van der Waals surface area (Å²) >= 11 is 0. The molecule has 0 aliphatic carbocycles. The third-order valence-corrected chi connectivity index (χ3v) is 4.33. The number of piperidine rings is 1. The topological polar surface area (TPSA) is 71.0 Å². The number of aliphatic imine (C=N–C) groups is 1. The fraction of sp³-hybridized carbons (Fsp3) is 0.923. The Labute approximate surface area is 145 Å². The summed E-state index contributed by atoms with van der Waals surface area (Å²) in [6, 6.07) is 0. The molecule has 126 valence electrons. The van der Waals surface area contributed by atoms with E-state index in [1.165, 1.54) is 19.1 Å². The molecule has 0 aromatic rings. The van der Waals surface area contributed by atoms with Gasteiger partial charge in [0.1, 0.15) is 9.84 Å². The second-order valence-electron chi connectivity index (χ2n) is 5.39. The van der Waals surface area contributed by atoms with Crippen molar-refractivity contribution in [3.63, 3.8) is 0 Å². The molecule has 0 amide bonds. The Kier molecular flexibility index (Phi) is 10.6. The SMILES string of the molecule is CN=C(NCCOCCS(C)(=O)=O)N1CCC(C)CC1.I. The number of sulfone groups is 1. The Hall–Kier alpha value is -0.0900. The van der Waals surface area contributed by atoms with Gasteiger partial charge >= 0.3 is 0 Å². The largest absolute Gasteiger partial charge is 0.379 e. The zero-order valence-electron chi connectivity index (χ0n) is 13.2. The van der Waals surface area contributed by atoms with Crippen molar-refractivity contribution in [1.29, 1.82) is 0 Å². The molecule has 0 aromatic heterocycles. The van der Waals surface area contributed by atoms with E-state index in [2.05, 4.69) is 22.1 Å². The van der Waals surface area contributed by atoms with E-state index in [0.29, 0.717) is 13.2 Å². The first-order valence-electron chi connectivity index (χ1n) is 7.13. The van der Waals surface area contributed by atoms with Crippen molar-refractivity contribution in [3.8, 4) is 0 Å². The molecule has 0 atom stereocenters. The molecule has 8 heteroatoms. The summed E-state index contributed by atoms with van der Waals surface area (Å²) in [5.41, 5.74) is 0. The number of ether oxygens (including phenoxy) is 1. The van der Waals surface area contributed by atoms with Gasteiger partial charge in [-0.25, -0.2) is 8.42 Å². The van der Waals surface area contributed by atoms with Gasteiger partial charge in [-0.1, -0.05) is 6.92 Å². The lowest BCUT2D eigenvalue weighted by Gasteiger charge is -2.32. The van der Waals surface area contributed by atoms with Crippen LogP contribution in [0.3, 0.4) is 0 Å². The molecule has 1 saturated heterocycles. The van der Waals surface area contributed by atoms with Crippen molar-refractivity contribution in [2.45, 2.75) is 19.8 Å². The third kappa shape index (κ3) is 9.51. The van der Waals surface area contributed by atoms with Crippen LogP contribution in [0.2, 0.25) is 0 Å². The van der Waals surface area contributed by atoms with Gasteiger partial charge in [-0.05, 0) is 18.8 Å². The molecule has 0 bridgehead atoms. The minimum absolute atomic E-state index is 0. The van der Waals surface area contributed by atoms with E-state index in [9.17, 15) is 8.42 Å². The van der Waals surface area contributed by atoms with E-state index in [1.807, 2.05) is 0 Å². The lowest BCUT2D eigenvalue weighted by atomic mass is 10.00. The highest BCUT2D eigenvalue weighted by atomic mass is 127. The maximum absolute atomic E-state index is 10.9. The molecule has 1 fully saturated rings. The van der Waals surface area contributed by atoms with Crippen molar-refractivity contribution in [2.75, 3.05) is 51.9 Å². The molecule has 1 aliphatic rings. The first-order chi connectivity index (χ1) is 9.42. The first kappa shape index (κ1) is 20.9. The molecule has 21 heavy (non-hydrogen) atoms. The maximum atomic E-state index is 10.9. The smallest absolute Gasteiger partial charge is 0.193 e. The monoisotopic (exact) mass is 433 g/mol. The molecule has 0 radical (unpaired) electrons. The van der Waals surface area contributed by atoms with Crippen LogP contribution in [0.15, 0.2) is 4.99 Å². The molecule has 0 unspecified atom stereocenters. The second-order valence-corrected chi connectivity index (χ2v) is 7.65. The maximum Gasteiger partial charge on any atom is 0.193 e. The van der Waals surface area contributed by atoms with Gasteiger partial charge in [-0.3, -0.25) is 4.99 Å². The van der Waals surface area contributed by atoms with E-state index in [1.54, 1.807) is 7.05 Å². The molecule has 1 heterocycles. The summed E-state index contributed by atoms with van der Waals surface area (Å²) in [7, 11) is -1.15. The van der Waals surface area contributed by atoms with Crippen molar-refractivity contribution < 1.29 is 13.2 Å². The number of rotatable bonds is 6. The molecule has 6 nitrogen and oxygen atoms in total. The van der Waals surface area contributed by atoms with E-state index in [0.717, 1.165) is 25.0 Å². The zero-order chi connectivity index (χ0) is 15.0. The number of guanidine groups is 1. The average Bonchev–Trinajstić information content (AvgIpc) is 2.38. The van der Waals surface area contributed by atoms with Crippen LogP contribution in [0.25, 0.3) is 0 Å². The zero-order valence-corrected chi connectivity index (χ0v) is 16.3. The number of likely N-dealkylation sites (tertiary alicyclic amines) is 1. The summed E-state index contributed by atoms with van der Waals surface area (Å²) in [6.45, 7) is 5.73. The number of halogens is 1. The molecule has 0 spiro atoms. The highest BCUT2D eigenvalue weighted by Gasteiger charge is 2.18. The average molecular weight is 433 g/mol. The molecular formula is C13H28IN3O3S. The van der Waals surface area contributed by atoms with Crippen molar-refractivity contribution in [3.05, 3.63) is 0 Å². The van der Waals surface area contributed by atoms with Gasteiger partial charge in [-0.2, -0.15) is 0 Å². The van der Waals surface area contributed by atoms with Gasteiger partial charge in [0.15, 0.2) is 5.96 Å². The van der Waals surface area contributed by atoms with Crippen LogP contribution in [0.5, 0.6) is 0 Å². The third-order valence-electron chi connectivity index (χ3n) is 3.42. The van der Waals surface area contributed by atoms with Crippen LogP contribution in [0, 0.1) is 5.92 Å². The molecule has 1 aliphatic heterocycles. The first-order valence-corrected chi connectivity index (χ1v) is 9.19. The number of nitrogens with one attached hydrogen (secondary N) is 1. The summed E-state index contributed by atoms with van der Waals surface area (Å²) < 4.78 is 27.2. The number of nitrogens with zero attached hydrogens (tertiary/aromatic N) is 2. The van der Waals surface area contributed by atoms with Crippen LogP contribution in [0.4, 0.5) is 0 Å². The molecule has 1 N–H and O–H groups in total. The van der Waals surface area contributed by atoms with Crippen molar-refractivity contribution in [2.24, 2.45) is 10.9 Å². The van der Waals surface area contributed by atoms with Crippen molar-refractivity contribution in [1.82, 2.24) is 10.2 Å². The van der Waals surface area contributed by atoms with Crippen LogP contribution in [0.1, 0.15) is 19.8 Å². The highest BCUT2D eigenvalue weighted by Crippen LogP contribution is 2.15. The van der Waals surface area contributed by atoms with E-state index in [4.69, 9.17) is 4.74 Å². The quantitative estimate of drug-likeness (QED) is 0.293. The highest BCUT2D eigenvalue weighted by molar-refractivity contribution is 14.0. The summed E-state index contributed by atoms with van der Waals surface area (Å²) in [5, 5.41) is 3.25. The van der Waals surface area contributed by atoms with Crippen LogP contribution >= 0.6 is 24.0 Å². The van der Waals surface area contributed by atoms with E-state index >= 15 is 0 Å². The fourth-order valence-electron chi connectivity index (χ4n) is 2.10. The van der Waals surface area contributed by atoms with Gasteiger partial charge < -0.3 is 15.0 Å². The summed E-state index contributed by atoms with van der Waals surface area (Å²) in [4.78, 5) is 6.53. The van der Waals surface area contributed by atoms with Crippen LogP contribution < -0.4 is 5.32 Å². The Balaban J connectivity index is 0.00000400. The minimum atomic E-state index is -2.93. The Morgan fingerprint density at radius 3 is 2.48 bits per heavy atom. The minimum Gasteiger partial charge on any atom is -0.379 e.